The smallest absolute Gasteiger partial charge is 0.157 e. The lowest BCUT2D eigenvalue weighted by Gasteiger charge is -2.05. The molecule has 0 aliphatic rings. The lowest BCUT2D eigenvalue weighted by Crippen LogP contribution is -2.04. The van der Waals surface area contributed by atoms with Gasteiger partial charge in [-0.3, -0.25) is 4.79 Å². The number of aryl methyl sites for hydroxylation is 1. The lowest BCUT2D eigenvalue weighted by atomic mass is 10.1. The van der Waals surface area contributed by atoms with E-state index < -0.39 is 0 Å². The number of carbonyl (C=O) groups excluding carboxylic acids is 1. The molecule has 1 rings (SSSR count). The van der Waals surface area contributed by atoms with Crippen LogP contribution in [0.1, 0.15) is 31.7 Å². The molecule has 1 aromatic carbocycles. The Labute approximate surface area is 121 Å². The highest BCUT2D eigenvalue weighted by molar-refractivity contribution is 9.10. The predicted octanol–water partition coefficient (Wildman–Crippen LogP) is 4.25. The monoisotopic (exact) mass is 329 g/mol. The summed E-state index contributed by atoms with van der Waals surface area (Å²) in [4.78, 5) is 11.4. The molecule has 0 radical (unpaired) electrons. The summed E-state index contributed by atoms with van der Waals surface area (Å²) in [7, 11) is 0. The molecule has 2 nitrogen and oxygen atoms in total. The van der Waals surface area contributed by atoms with Gasteiger partial charge in [0.25, 0.3) is 0 Å². The minimum atomic E-state index is 0.0929. The first-order valence-electron chi connectivity index (χ1n) is 5.95. The maximum absolute atomic E-state index is 11.4. The van der Waals surface area contributed by atoms with E-state index in [2.05, 4.69) is 15.9 Å². The number of benzene rings is 1. The van der Waals surface area contributed by atoms with Crippen LogP contribution >= 0.6 is 27.5 Å². The Morgan fingerprint density at radius 3 is 2.83 bits per heavy atom. The van der Waals surface area contributed by atoms with E-state index in [1.807, 2.05) is 25.1 Å². The summed E-state index contributed by atoms with van der Waals surface area (Å²) in [6, 6.07) is 5.72. The zero-order valence-corrected chi connectivity index (χ0v) is 12.7. The van der Waals surface area contributed by atoms with Crippen LogP contribution in [0.5, 0.6) is 0 Å². The molecule has 4 heteroatoms. The van der Waals surface area contributed by atoms with Crippen molar-refractivity contribution in [3.05, 3.63) is 45.0 Å². The van der Waals surface area contributed by atoms with Gasteiger partial charge >= 0.3 is 0 Å². The Morgan fingerprint density at radius 2 is 2.17 bits per heavy atom. The van der Waals surface area contributed by atoms with Gasteiger partial charge in [0.15, 0.2) is 5.78 Å². The molecular weight excluding hydrogens is 314 g/mol. The van der Waals surface area contributed by atoms with E-state index in [4.69, 9.17) is 17.3 Å². The van der Waals surface area contributed by atoms with Crippen molar-refractivity contribution in [2.45, 2.75) is 32.6 Å². The molecule has 0 heterocycles. The van der Waals surface area contributed by atoms with E-state index in [9.17, 15) is 4.79 Å². The Balaban J connectivity index is 2.59. The number of allylic oxidation sites excluding steroid dienone is 2. The third-order valence-corrected chi connectivity index (χ3v) is 3.40. The van der Waals surface area contributed by atoms with Crippen LogP contribution in [0.15, 0.2) is 34.4 Å². The van der Waals surface area contributed by atoms with Crippen molar-refractivity contribution in [2.75, 3.05) is 0 Å². The molecule has 0 fully saturated rings. The minimum Gasteiger partial charge on any atom is -0.402 e. The maximum atomic E-state index is 11.4. The summed E-state index contributed by atoms with van der Waals surface area (Å²) < 4.78 is 0.992. The average molecular weight is 331 g/mol. The van der Waals surface area contributed by atoms with Crippen molar-refractivity contribution in [3.63, 3.8) is 0 Å². The number of carbonyl (C=O) groups is 1. The zero-order valence-electron chi connectivity index (χ0n) is 10.4. The third-order valence-electron chi connectivity index (χ3n) is 2.53. The van der Waals surface area contributed by atoms with Crippen LogP contribution in [0.4, 0.5) is 0 Å². The summed E-state index contributed by atoms with van der Waals surface area (Å²) in [5.41, 5.74) is 7.47. The highest BCUT2D eigenvalue weighted by atomic mass is 79.9. The molecule has 0 saturated carbocycles. The molecule has 98 valence electrons. The normalized spacial score (nSPS) is 11.6. The molecule has 0 saturated heterocycles. The molecule has 0 atom stereocenters. The molecule has 0 spiro atoms. The van der Waals surface area contributed by atoms with Crippen molar-refractivity contribution in [1.29, 1.82) is 0 Å². The molecule has 1 aromatic rings. The molecule has 0 bridgehead atoms. The number of nitrogens with two attached hydrogens (primary N) is 1. The molecular formula is C14H17BrClNO. The topological polar surface area (TPSA) is 43.1 Å². The predicted molar refractivity (Wildman–Crippen MR) is 79.7 cm³/mol. The van der Waals surface area contributed by atoms with Crippen molar-refractivity contribution in [3.8, 4) is 0 Å². The van der Waals surface area contributed by atoms with Gasteiger partial charge in [-0.15, -0.1) is 0 Å². The largest absolute Gasteiger partial charge is 0.402 e. The van der Waals surface area contributed by atoms with Gasteiger partial charge in [0.2, 0.25) is 0 Å². The minimum absolute atomic E-state index is 0.0929. The second kappa shape index (κ2) is 7.59. The Bertz CT molecular complexity index is 457. The van der Waals surface area contributed by atoms with E-state index in [-0.39, 0.29) is 5.78 Å². The summed E-state index contributed by atoms with van der Waals surface area (Å²) in [6.07, 6.45) is 4.32. The Morgan fingerprint density at radius 1 is 1.44 bits per heavy atom. The quantitative estimate of drug-likeness (QED) is 0.792. The van der Waals surface area contributed by atoms with E-state index >= 15 is 0 Å². The molecule has 0 aliphatic carbocycles. The molecule has 18 heavy (non-hydrogen) atoms. The lowest BCUT2D eigenvalue weighted by molar-refractivity contribution is -0.114. The van der Waals surface area contributed by atoms with Crippen LogP contribution < -0.4 is 5.73 Å². The number of ketones is 1. The van der Waals surface area contributed by atoms with Crippen molar-refractivity contribution in [2.24, 2.45) is 5.73 Å². The summed E-state index contributed by atoms with van der Waals surface area (Å²) in [5.74, 6) is 0.0929. The van der Waals surface area contributed by atoms with Gasteiger partial charge in [0.1, 0.15) is 0 Å². The van der Waals surface area contributed by atoms with Crippen LogP contribution in [0, 0.1) is 0 Å². The third kappa shape index (κ3) is 5.23. The van der Waals surface area contributed by atoms with E-state index in [1.54, 1.807) is 0 Å². The average Bonchev–Trinajstić information content (AvgIpc) is 2.30. The van der Waals surface area contributed by atoms with Gasteiger partial charge in [0.05, 0.1) is 0 Å². The number of rotatable bonds is 6. The van der Waals surface area contributed by atoms with Crippen molar-refractivity contribution < 1.29 is 4.79 Å². The van der Waals surface area contributed by atoms with Crippen LogP contribution in [0.3, 0.4) is 0 Å². The van der Waals surface area contributed by atoms with Crippen LogP contribution in [0.2, 0.25) is 5.02 Å². The summed E-state index contributed by atoms with van der Waals surface area (Å²) in [5, 5.41) is 0.728. The van der Waals surface area contributed by atoms with Gasteiger partial charge in [-0.25, -0.2) is 0 Å². The van der Waals surface area contributed by atoms with E-state index in [0.717, 1.165) is 27.9 Å². The number of hydrogen-bond acceptors (Lipinski definition) is 2. The van der Waals surface area contributed by atoms with Crippen LogP contribution in [-0.2, 0) is 11.2 Å². The Hall–Kier alpha value is -0.800. The fourth-order valence-electron chi connectivity index (χ4n) is 1.61. The maximum Gasteiger partial charge on any atom is 0.157 e. The van der Waals surface area contributed by atoms with Gasteiger partial charge in [-0.1, -0.05) is 34.5 Å². The van der Waals surface area contributed by atoms with E-state index in [0.29, 0.717) is 18.5 Å². The fourth-order valence-corrected chi connectivity index (χ4v) is 2.23. The van der Waals surface area contributed by atoms with Crippen LogP contribution in [-0.4, -0.2) is 5.78 Å². The van der Waals surface area contributed by atoms with Gasteiger partial charge in [-0.2, -0.15) is 0 Å². The molecule has 0 amide bonds. The molecule has 0 aliphatic heterocycles. The second-order valence-electron chi connectivity index (χ2n) is 4.17. The molecule has 0 aromatic heterocycles. The van der Waals surface area contributed by atoms with E-state index in [1.165, 1.54) is 6.08 Å². The standard InChI is InChI=1S/C14H17BrClNO/c1-2-3-13(18)9-12(17)6-4-10-8-11(15)5-7-14(10)16/h5,7-9H,2-4,6,17H2,1H3/b12-9-. The summed E-state index contributed by atoms with van der Waals surface area (Å²) >= 11 is 9.49. The first-order valence-corrected chi connectivity index (χ1v) is 7.12. The summed E-state index contributed by atoms with van der Waals surface area (Å²) in [6.45, 7) is 1.98. The van der Waals surface area contributed by atoms with Crippen LogP contribution in [0.25, 0.3) is 0 Å². The first kappa shape index (κ1) is 15.3. The number of halogens is 2. The Kier molecular flexibility index (Phi) is 6.44. The van der Waals surface area contributed by atoms with Gasteiger partial charge < -0.3 is 5.73 Å². The SMILES string of the molecule is CCCC(=O)/C=C(\N)CCc1cc(Br)ccc1Cl. The zero-order chi connectivity index (χ0) is 13.5. The second-order valence-corrected chi connectivity index (χ2v) is 5.49. The highest BCUT2D eigenvalue weighted by Gasteiger charge is 2.03. The van der Waals surface area contributed by atoms with Gasteiger partial charge in [0, 0.05) is 21.6 Å². The molecule has 2 N–H and O–H groups in total. The fraction of sp³-hybridized carbons (Fsp3) is 0.357. The number of hydrogen-bond donors (Lipinski definition) is 1. The van der Waals surface area contributed by atoms with Gasteiger partial charge in [-0.05, 0) is 49.1 Å². The van der Waals surface area contributed by atoms with Crippen molar-refractivity contribution in [1.82, 2.24) is 0 Å². The molecule has 0 unspecified atom stereocenters. The highest BCUT2D eigenvalue weighted by Crippen LogP contribution is 2.22. The first-order chi connectivity index (χ1) is 8.52. The van der Waals surface area contributed by atoms with Crippen molar-refractivity contribution >= 4 is 33.3 Å².